The van der Waals surface area contributed by atoms with Crippen molar-refractivity contribution in [2.45, 2.75) is 32.7 Å². The number of pyridine rings is 1. The molecule has 0 aliphatic heterocycles. The van der Waals surface area contributed by atoms with E-state index in [2.05, 4.69) is 15.5 Å². The van der Waals surface area contributed by atoms with E-state index < -0.39 is 0 Å². The van der Waals surface area contributed by atoms with Gasteiger partial charge in [-0.05, 0) is 62.7 Å². The van der Waals surface area contributed by atoms with Crippen molar-refractivity contribution in [1.29, 1.82) is 0 Å². The standard InChI is InChI=1S/C22H20FN3O3/c1-13(5-10-17-4-3-11-28-17)24-21(27)18-12-19(15-6-8-16(23)9-7-15)25-22-20(18)14(2)26-29-22/h3-4,6-9,11-13H,5,10H2,1-2H3,(H,24,27). The van der Waals surface area contributed by atoms with Gasteiger partial charge in [0.05, 0.1) is 28.6 Å². The summed E-state index contributed by atoms with van der Waals surface area (Å²) < 4.78 is 23.9. The average molecular weight is 393 g/mol. The number of halogens is 1. The number of fused-ring (bicyclic) bond motifs is 1. The Balaban J connectivity index is 1.61. The zero-order valence-electron chi connectivity index (χ0n) is 16.1. The van der Waals surface area contributed by atoms with Crippen LogP contribution in [0.2, 0.25) is 0 Å². The number of carbonyl (C=O) groups is 1. The Kier molecular flexibility index (Phi) is 5.12. The smallest absolute Gasteiger partial charge is 0.259 e. The zero-order valence-corrected chi connectivity index (χ0v) is 16.1. The number of amides is 1. The second-order valence-electron chi connectivity index (χ2n) is 7.00. The summed E-state index contributed by atoms with van der Waals surface area (Å²) in [7, 11) is 0. The van der Waals surface area contributed by atoms with Gasteiger partial charge in [0.2, 0.25) is 0 Å². The Labute approximate surface area is 166 Å². The minimum Gasteiger partial charge on any atom is -0.469 e. The molecule has 4 aromatic rings. The van der Waals surface area contributed by atoms with Gasteiger partial charge in [-0.1, -0.05) is 5.16 Å². The molecule has 0 radical (unpaired) electrons. The molecule has 1 unspecified atom stereocenters. The quantitative estimate of drug-likeness (QED) is 0.514. The fourth-order valence-electron chi connectivity index (χ4n) is 3.23. The van der Waals surface area contributed by atoms with Crippen LogP contribution in [0.15, 0.2) is 57.7 Å². The number of aromatic nitrogens is 2. The number of nitrogens with zero attached hydrogens (tertiary/aromatic N) is 2. The molecule has 1 atom stereocenters. The first kappa shape index (κ1) is 18.9. The van der Waals surface area contributed by atoms with Gasteiger partial charge in [-0.25, -0.2) is 9.37 Å². The average Bonchev–Trinajstić information content (AvgIpc) is 3.36. The van der Waals surface area contributed by atoms with Gasteiger partial charge < -0.3 is 14.3 Å². The SMILES string of the molecule is Cc1noc2nc(-c3ccc(F)cc3)cc(C(=O)NC(C)CCc3ccco3)c12. The van der Waals surface area contributed by atoms with E-state index in [0.29, 0.717) is 27.9 Å². The molecule has 0 aliphatic carbocycles. The van der Waals surface area contributed by atoms with Crippen LogP contribution in [-0.2, 0) is 6.42 Å². The lowest BCUT2D eigenvalue weighted by Crippen LogP contribution is -2.33. The van der Waals surface area contributed by atoms with Gasteiger partial charge in [-0.15, -0.1) is 0 Å². The van der Waals surface area contributed by atoms with Crippen LogP contribution in [0, 0.1) is 12.7 Å². The largest absolute Gasteiger partial charge is 0.469 e. The Morgan fingerprint density at radius 3 is 2.76 bits per heavy atom. The van der Waals surface area contributed by atoms with Crippen molar-refractivity contribution < 1.29 is 18.1 Å². The van der Waals surface area contributed by atoms with Crippen LogP contribution in [0.1, 0.15) is 35.2 Å². The maximum absolute atomic E-state index is 13.3. The molecule has 0 fully saturated rings. The molecule has 0 spiro atoms. The van der Waals surface area contributed by atoms with Crippen LogP contribution in [-0.4, -0.2) is 22.1 Å². The summed E-state index contributed by atoms with van der Waals surface area (Å²) in [6.45, 7) is 3.71. The van der Waals surface area contributed by atoms with Gasteiger partial charge in [0.25, 0.3) is 11.6 Å². The first-order chi connectivity index (χ1) is 14.0. The Hall–Kier alpha value is -3.48. The number of nitrogens with one attached hydrogen (secondary N) is 1. The van der Waals surface area contributed by atoms with Crippen LogP contribution in [0.5, 0.6) is 0 Å². The summed E-state index contributed by atoms with van der Waals surface area (Å²) in [5.74, 6) is 0.304. The fraction of sp³-hybridized carbons (Fsp3) is 0.227. The van der Waals surface area contributed by atoms with E-state index >= 15 is 0 Å². The van der Waals surface area contributed by atoms with Gasteiger partial charge in [-0.3, -0.25) is 4.79 Å². The third kappa shape index (κ3) is 4.03. The molecular weight excluding hydrogens is 373 g/mol. The molecule has 3 heterocycles. The van der Waals surface area contributed by atoms with E-state index in [1.54, 1.807) is 31.4 Å². The fourth-order valence-corrected chi connectivity index (χ4v) is 3.23. The maximum atomic E-state index is 13.3. The number of furan rings is 1. The first-order valence-corrected chi connectivity index (χ1v) is 9.37. The van der Waals surface area contributed by atoms with Crippen LogP contribution >= 0.6 is 0 Å². The number of carbonyl (C=O) groups excluding carboxylic acids is 1. The Morgan fingerprint density at radius 2 is 2.03 bits per heavy atom. The molecule has 148 valence electrons. The lowest BCUT2D eigenvalue weighted by atomic mass is 10.0. The second-order valence-corrected chi connectivity index (χ2v) is 7.00. The van der Waals surface area contributed by atoms with Gasteiger partial charge in [0.15, 0.2) is 0 Å². The van der Waals surface area contributed by atoms with Gasteiger partial charge >= 0.3 is 0 Å². The molecule has 1 amide bonds. The highest BCUT2D eigenvalue weighted by molar-refractivity contribution is 6.07. The van der Waals surface area contributed by atoms with E-state index in [1.807, 2.05) is 19.1 Å². The molecule has 0 aliphatic rings. The van der Waals surface area contributed by atoms with Crippen LogP contribution < -0.4 is 5.32 Å². The highest BCUT2D eigenvalue weighted by Gasteiger charge is 2.20. The van der Waals surface area contributed by atoms with E-state index in [1.165, 1.54) is 12.1 Å². The van der Waals surface area contributed by atoms with Crippen molar-refractivity contribution in [3.63, 3.8) is 0 Å². The van der Waals surface area contributed by atoms with E-state index in [0.717, 1.165) is 18.6 Å². The van der Waals surface area contributed by atoms with E-state index in [4.69, 9.17) is 8.94 Å². The lowest BCUT2D eigenvalue weighted by Gasteiger charge is -2.14. The Bertz CT molecular complexity index is 1130. The molecule has 1 N–H and O–H groups in total. The third-order valence-corrected chi connectivity index (χ3v) is 4.78. The summed E-state index contributed by atoms with van der Waals surface area (Å²) in [4.78, 5) is 17.5. The molecule has 0 saturated heterocycles. The molecule has 1 aromatic carbocycles. The number of benzene rings is 1. The third-order valence-electron chi connectivity index (χ3n) is 4.78. The summed E-state index contributed by atoms with van der Waals surface area (Å²) in [5, 5.41) is 7.54. The van der Waals surface area contributed by atoms with Crippen molar-refractivity contribution in [1.82, 2.24) is 15.5 Å². The van der Waals surface area contributed by atoms with Gasteiger partial charge in [0.1, 0.15) is 11.6 Å². The number of aryl methyl sites for hydroxylation is 2. The lowest BCUT2D eigenvalue weighted by molar-refractivity contribution is 0.0939. The summed E-state index contributed by atoms with van der Waals surface area (Å²) in [6, 6.07) is 11.3. The molecule has 3 aromatic heterocycles. The van der Waals surface area contributed by atoms with Crippen molar-refractivity contribution in [3.05, 3.63) is 71.6 Å². The second kappa shape index (κ2) is 7.87. The Morgan fingerprint density at radius 1 is 1.24 bits per heavy atom. The van der Waals surface area contributed by atoms with Gasteiger partial charge in [-0.2, -0.15) is 0 Å². The molecule has 4 rings (SSSR count). The molecule has 0 bridgehead atoms. The van der Waals surface area contributed by atoms with Crippen molar-refractivity contribution in [2.75, 3.05) is 0 Å². The van der Waals surface area contributed by atoms with E-state index in [9.17, 15) is 9.18 Å². The van der Waals surface area contributed by atoms with E-state index in [-0.39, 0.29) is 23.5 Å². The zero-order chi connectivity index (χ0) is 20.4. The molecule has 6 nitrogen and oxygen atoms in total. The summed E-state index contributed by atoms with van der Waals surface area (Å²) in [6.07, 6.45) is 3.10. The number of hydrogen-bond acceptors (Lipinski definition) is 5. The van der Waals surface area contributed by atoms with Crippen LogP contribution in [0.3, 0.4) is 0 Å². The summed E-state index contributed by atoms with van der Waals surface area (Å²) in [5.41, 5.74) is 2.49. The van der Waals surface area contributed by atoms with Crippen molar-refractivity contribution >= 4 is 17.0 Å². The van der Waals surface area contributed by atoms with Crippen LogP contribution in [0.4, 0.5) is 4.39 Å². The van der Waals surface area contributed by atoms with Crippen molar-refractivity contribution in [3.8, 4) is 11.3 Å². The van der Waals surface area contributed by atoms with Crippen molar-refractivity contribution in [2.24, 2.45) is 0 Å². The number of hydrogen-bond donors (Lipinski definition) is 1. The molecule has 7 heteroatoms. The minimum atomic E-state index is -0.339. The normalized spacial score (nSPS) is 12.2. The number of rotatable bonds is 6. The topological polar surface area (TPSA) is 81.2 Å². The van der Waals surface area contributed by atoms with Gasteiger partial charge in [0, 0.05) is 18.0 Å². The highest BCUT2D eigenvalue weighted by atomic mass is 19.1. The predicted octanol–water partition coefficient (Wildman–Crippen LogP) is 4.68. The molecule has 29 heavy (non-hydrogen) atoms. The summed E-state index contributed by atoms with van der Waals surface area (Å²) >= 11 is 0. The molecule has 0 saturated carbocycles. The molecular formula is C22H20FN3O3. The monoisotopic (exact) mass is 393 g/mol. The minimum absolute atomic E-state index is 0.0646. The maximum Gasteiger partial charge on any atom is 0.259 e. The first-order valence-electron chi connectivity index (χ1n) is 9.37. The highest BCUT2D eigenvalue weighted by Crippen LogP contribution is 2.27. The predicted molar refractivity (Wildman–Crippen MR) is 106 cm³/mol. The van der Waals surface area contributed by atoms with Crippen LogP contribution in [0.25, 0.3) is 22.4 Å².